The summed E-state index contributed by atoms with van der Waals surface area (Å²) < 4.78 is 20.0. The lowest BCUT2D eigenvalue weighted by molar-refractivity contribution is 0.0171. The van der Waals surface area contributed by atoms with Crippen molar-refractivity contribution >= 4 is 25.0 Å². The molecule has 0 saturated heterocycles. The summed E-state index contributed by atoms with van der Waals surface area (Å²) in [4.78, 5) is 0. The first kappa shape index (κ1) is 33.5. The number of hydrogen-bond donors (Lipinski definition) is 2. The summed E-state index contributed by atoms with van der Waals surface area (Å²) in [5, 5.41) is 20.6. The van der Waals surface area contributed by atoms with Crippen LogP contribution in [0.1, 0.15) is 75.2 Å². The molecule has 0 fully saturated rings. The molecule has 0 aliphatic heterocycles. The van der Waals surface area contributed by atoms with Crippen LogP contribution in [0.25, 0.3) is 0 Å². The van der Waals surface area contributed by atoms with Gasteiger partial charge < -0.3 is 23.5 Å². The van der Waals surface area contributed by atoms with Gasteiger partial charge in [-0.05, 0) is 67.2 Å². The molecule has 0 unspecified atom stereocenters. The zero-order valence-corrected chi connectivity index (χ0v) is 27.7. The fourth-order valence-corrected chi connectivity index (χ4v) is 6.97. The van der Waals surface area contributed by atoms with Crippen molar-refractivity contribution in [3.63, 3.8) is 0 Å². The third-order valence-corrected chi connectivity index (χ3v) is 21.9. The smallest absolute Gasteiger partial charge is 0.192 e. The molecular formula is C25H58O5Si3. The zero-order chi connectivity index (χ0) is 26.7. The second-order valence-corrected chi connectivity index (χ2v) is 28.6. The molecule has 0 bridgehead atoms. The van der Waals surface area contributed by atoms with E-state index in [4.69, 9.17) is 13.3 Å². The van der Waals surface area contributed by atoms with Gasteiger partial charge in [-0.3, -0.25) is 0 Å². The lowest BCUT2D eigenvalue weighted by Gasteiger charge is -2.44. The Morgan fingerprint density at radius 3 is 0.879 bits per heavy atom. The van der Waals surface area contributed by atoms with Crippen LogP contribution in [-0.2, 0) is 13.3 Å². The van der Waals surface area contributed by atoms with E-state index in [1.165, 1.54) is 0 Å². The van der Waals surface area contributed by atoms with E-state index in [1.54, 1.807) is 0 Å². The summed E-state index contributed by atoms with van der Waals surface area (Å²) in [6, 6.07) is 0. The molecular weight excluding hydrogens is 465 g/mol. The van der Waals surface area contributed by atoms with Gasteiger partial charge in [0.15, 0.2) is 25.0 Å². The molecule has 0 aliphatic rings. The van der Waals surface area contributed by atoms with Gasteiger partial charge in [0.25, 0.3) is 0 Å². The third kappa shape index (κ3) is 10.1. The first-order valence-electron chi connectivity index (χ1n) is 12.7. The Morgan fingerprint density at radius 2 is 0.697 bits per heavy atom. The molecule has 0 aromatic rings. The van der Waals surface area contributed by atoms with E-state index < -0.39 is 25.0 Å². The molecule has 0 amide bonds. The standard InChI is InChI=1S/C25H58O5Si3/c1-23(2,3)31(10,11)28-20(16-21(18-26)29-32(12,13)24(4,5)6)17-22(19-27)30-33(14,15)25(7,8)9/h20-22,26-27H,16-19H2,1-15H3/t21-,22-/m1/s1. The molecule has 200 valence electrons. The van der Waals surface area contributed by atoms with Gasteiger partial charge in [-0.25, -0.2) is 0 Å². The van der Waals surface area contributed by atoms with E-state index >= 15 is 0 Å². The van der Waals surface area contributed by atoms with Gasteiger partial charge in [0.1, 0.15) is 0 Å². The summed E-state index contributed by atoms with van der Waals surface area (Å²) in [6.45, 7) is 33.3. The van der Waals surface area contributed by atoms with E-state index in [9.17, 15) is 10.2 Å². The molecule has 0 aromatic heterocycles. The van der Waals surface area contributed by atoms with Crippen LogP contribution in [0.4, 0.5) is 0 Å². The predicted molar refractivity (Wildman–Crippen MR) is 150 cm³/mol. The third-order valence-electron chi connectivity index (χ3n) is 8.26. The summed E-state index contributed by atoms with van der Waals surface area (Å²) in [7, 11) is -6.15. The number of rotatable bonds is 12. The molecule has 0 spiro atoms. The van der Waals surface area contributed by atoms with Gasteiger partial charge in [-0.15, -0.1) is 0 Å². The van der Waals surface area contributed by atoms with Gasteiger partial charge in [-0.2, -0.15) is 0 Å². The van der Waals surface area contributed by atoms with Crippen LogP contribution in [-0.4, -0.2) is 66.7 Å². The van der Waals surface area contributed by atoms with Crippen LogP contribution in [0, 0.1) is 0 Å². The molecule has 0 heterocycles. The molecule has 0 aliphatic carbocycles. The number of hydrogen-bond acceptors (Lipinski definition) is 5. The van der Waals surface area contributed by atoms with E-state index in [-0.39, 0.29) is 46.6 Å². The fraction of sp³-hybridized carbons (Fsp3) is 1.00. The summed E-state index contributed by atoms with van der Waals surface area (Å²) in [6.07, 6.45) is 0.496. The van der Waals surface area contributed by atoms with Gasteiger partial charge >= 0.3 is 0 Å². The Hall–Kier alpha value is 0.451. The Kier molecular flexibility index (Phi) is 11.8. The quantitative estimate of drug-likeness (QED) is 0.272. The average Bonchev–Trinajstić information content (AvgIpc) is 2.56. The van der Waals surface area contributed by atoms with Gasteiger partial charge in [0, 0.05) is 0 Å². The minimum Gasteiger partial charge on any atom is -0.414 e. The summed E-state index contributed by atoms with van der Waals surface area (Å²) in [5.74, 6) is 0. The van der Waals surface area contributed by atoms with Crippen LogP contribution in [0.5, 0.6) is 0 Å². The highest BCUT2D eigenvalue weighted by molar-refractivity contribution is 6.75. The topological polar surface area (TPSA) is 68.2 Å². The van der Waals surface area contributed by atoms with Crippen molar-refractivity contribution in [2.24, 2.45) is 0 Å². The minimum atomic E-state index is -2.07. The van der Waals surface area contributed by atoms with Crippen molar-refractivity contribution in [3.8, 4) is 0 Å². The first-order chi connectivity index (χ1) is 14.4. The summed E-state index contributed by atoms with van der Waals surface area (Å²) >= 11 is 0. The molecule has 0 rings (SSSR count). The van der Waals surface area contributed by atoms with Crippen molar-refractivity contribution in [2.45, 2.75) is 148 Å². The van der Waals surface area contributed by atoms with Gasteiger partial charge in [-0.1, -0.05) is 62.3 Å². The molecule has 8 heteroatoms. The second-order valence-electron chi connectivity index (χ2n) is 14.3. The maximum atomic E-state index is 10.2. The molecule has 0 radical (unpaired) electrons. The minimum absolute atomic E-state index is 0.0310. The van der Waals surface area contributed by atoms with Gasteiger partial charge in [0.2, 0.25) is 0 Å². The second kappa shape index (κ2) is 11.7. The lowest BCUT2D eigenvalue weighted by atomic mass is 10.1. The monoisotopic (exact) mass is 522 g/mol. The number of aliphatic hydroxyl groups is 2. The van der Waals surface area contributed by atoms with E-state index in [0.29, 0.717) is 12.8 Å². The van der Waals surface area contributed by atoms with Crippen molar-refractivity contribution in [2.75, 3.05) is 13.2 Å². The molecule has 33 heavy (non-hydrogen) atoms. The molecule has 2 atom stereocenters. The van der Waals surface area contributed by atoms with E-state index in [1.807, 2.05) is 0 Å². The maximum Gasteiger partial charge on any atom is 0.192 e. The van der Waals surface area contributed by atoms with Gasteiger partial charge in [0.05, 0.1) is 31.5 Å². The normalized spacial score (nSPS) is 16.9. The summed E-state index contributed by atoms with van der Waals surface area (Å²) in [5.41, 5.74) is 0. The lowest BCUT2D eigenvalue weighted by Crippen LogP contribution is -2.50. The highest BCUT2D eigenvalue weighted by Crippen LogP contribution is 2.41. The van der Waals surface area contributed by atoms with E-state index in [2.05, 4.69) is 102 Å². The molecule has 0 aromatic carbocycles. The highest BCUT2D eigenvalue weighted by atomic mass is 28.4. The van der Waals surface area contributed by atoms with Crippen LogP contribution in [0.15, 0.2) is 0 Å². The van der Waals surface area contributed by atoms with Crippen molar-refractivity contribution in [1.29, 1.82) is 0 Å². The zero-order valence-electron chi connectivity index (χ0n) is 24.7. The molecule has 0 saturated carbocycles. The largest absolute Gasteiger partial charge is 0.414 e. The van der Waals surface area contributed by atoms with Crippen LogP contribution in [0.3, 0.4) is 0 Å². The Bertz CT molecular complexity index is 548. The SMILES string of the molecule is CC(C)(C)[Si](C)(C)OC(C[C@H](CO)O[Si](C)(C)C(C)(C)C)C[C@H](CO)O[Si](C)(C)C(C)(C)C. The fourth-order valence-electron chi connectivity index (χ4n) is 2.88. The average molecular weight is 523 g/mol. The maximum absolute atomic E-state index is 10.2. The Balaban J connectivity index is 5.85. The van der Waals surface area contributed by atoms with Crippen molar-refractivity contribution < 1.29 is 23.5 Å². The van der Waals surface area contributed by atoms with Crippen LogP contribution < -0.4 is 0 Å². The molecule has 5 nitrogen and oxygen atoms in total. The number of aliphatic hydroxyl groups excluding tert-OH is 2. The van der Waals surface area contributed by atoms with Crippen LogP contribution in [0.2, 0.25) is 54.4 Å². The van der Waals surface area contributed by atoms with Crippen LogP contribution >= 0.6 is 0 Å². The van der Waals surface area contributed by atoms with Crippen molar-refractivity contribution in [3.05, 3.63) is 0 Å². The van der Waals surface area contributed by atoms with Crippen molar-refractivity contribution in [1.82, 2.24) is 0 Å². The Labute approximate surface area is 209 Å². The molecule has 2 N–H and O–H groups in total. The highest BCUT2D eigenvalue weighted by Gasteiger charge is 2.44. The Morgan fingerprint density at radius 1 is 0.485 bits per heavy atom. The van der Waals surface area contributed by atoms with E-state index in [0.717, 1.165) is 0 Å². The first-order valence-corrected chi connectivity index (χ1v) is 21.4. The predicted octanol–water partition coefficient (Wildman–Crippen LogP) is 6.92.